The Morgan fingerprint density at radius 2 is 1.48 bits per heavy atom. The number of hydrogen-bond donors (Lipinski definition) is 0. The molecule has 2 atom stereocenters. The van der Waals surface area contributed by atoms with Crippen LogP contribution in [-0.2, 0) is 10.8 Å². The number of anilines is 3. The maximum atomic E-state index is 6.61. The van der Waals surface area contributed by atoms with Gasteiger partial charge in [-0.05, 0) is 76.8 Å². The van der Waals surface area contributed by atoms with Crippen molar-refractivity contribution in [2.75, 3.05) is 4.90 Å². The van der Waals surface area contributed by atoms with Gasteiger partial charge in [-0.2, -0.15) is 0 Å². The summed E-state index contributed by atoms with van der Waals surface area (Å²) in [5, 5.41) is 2.62. The van der Waals surface area contributed by atoms with Crippen LogP contribution in [0.1, 0.15) is 66.8 Å². The first-order valence-electron chi connectivity index (χ1n) is 14.7. The van der Waals surface area contributed by atoms with Gasteiger partial charge in [0.2, 0.25) is 0 Å². The zero-order chi connectivity index (χ0) is 26.4. The van der Waals surface area contributed by atoms with Crippen molar-refractivity contribution in [3.05, 3.63) is 125 Å². The second-order valence-electron chi connectivity index (χ2n) is 12.9. The van der Waals surface area contributed by atoms with Gasteiger partial charge in [-0.1, -0.05) is 86.6 Å². The third-order valence-corrected chi connectivity index (χ3v) is 10.8. The van der Waals surface area contributed by atoms with E-state index in [4.69, 9.17) is 4.42 Å². The third kappa shape index (κ3) is 2.28. The number of hydrogen-bond acceptors (Lipinski definition) is 2. The van der Waals surface area contributed by atoms with Crippen LogP contribution in [0.5, 0.6) is 0 Å². The average molecular weight is 516 g/mol. The van der Waals surface area contributed by atoms with Crippen LogP contribution in [0.3, 0.4) is 0 Å². The topological polar surface area (TPSA) is 16.4 Å². The van der Waals surface area contributed by atoms with Crippen LogP contribution >= 0.6 is 0 Å². The molecule has 3 aliphatic carbocycles. The molecule has 1 aliphatic heterocycles. The summed E-state index contributed by atoms with van der Waals surface area (Å²) >= 11 is 0. The van der Waals surface area contributed by atoms with E-state index >= 15 is 0 Å². The van der Waals surface area contributed by atoms with Gasteiger partial charge in [0.25, 0.3) is 0 Å². The monoisotopic (exact) mass is 515 g/mol. The van der Waals surface area contributed by atoms with E-state index in [9.17, 15) is 0 Å². The molecule has 6 aromatic rings. The predicted molar refractivity (Wildman–Crippen MR) is 163 cm³/mol. The van der Waals surface area contributed by atoms with Gasteiger partial charge in [0.15, 0.2) is 0 Å². The third-order valence-electron chi connectivity index (χ3n) is 10.8. The molecule has 1 aromatic heterocycles. The summed E-state index contributed by atoms with van der Waals surface area (Å²) in [7, 11) is 0. The molecule has 2 bridgehead atoms. The molecule has 0 saturated heterocycles. The van der Waals surface area contributed by atoms with Crippen molar-refractivity contribution in [3.63, 3.8) is 0 Å². The van der Waals surface area contributed by atoms with Crippen LogP contribution in [-0.4, -0.2) is 0 Å². The van der Waals surface area contributed by atoms with Gasteiger partial charge in [0, 0.05) is 33.2 Å². The summed E-state index contributed by atoms with van der Waals surface area (Å²) in [6, 6.07) is 36.2. The van der Waals surface area contributed by atoms with Crippen molar-refractivity contribution in [1.82, 2.24) is 0 Å². The minimum Gasteiger partial charge on any atom is -0.456 e. The number of fused-ring (bicyclic) bond motifs is 10. The van der Waals surface area contributed by atoms with Gasteiger partial charge in [0.1, 0.15) is 11.2 Å². The highest BCUT2D eigenvalue weighted by molar-refractivity contribution is 6.11. The molecule has 192 valence electrons. The van der Waals surface area contributed by atoms with E-state index in [0.717, 1.165) is 11.2 Å². The molecule has 1 fully saturated rings. The van der Waals surface area contributed by atoms with Gasteiger partial charge in [-0.15, -0.1) is 0 Å². The van der Waals surface area contributed by atoms with Crippen LogP contribution in [0.4, 0.5) is 17.1 Å². The summed E-state index contributed by atoms with van der Waals surface area (Å²) in [4.78, 5) is 2.59. The van der Waals surface area contributed by atoms with Gasteiger partial charge >= 0.3 is 0 Å². The lowest BCUT2D eigenvalue weighted by Gasteiger charge is -2.44. The maximum absolute atomic E-state index is 6.61. The molecule has 1 saturated carbocycles. The van der Waals surface area contributed by atoms with E-state index in [1.807, 2.05) is 0 Å². The molecule has 0 N–H and O–H groups in total. The number of rotatable bonds is 1. The molecule has 0 amide bonds. The SMILES string of the molecule is CC1(C)c2ccccc2-c2c(N3c4ccccc4C45CCC(C4)c4c5c3cc3oc5ccccc5c43)cccc21. The summed E-state index contributed by atoms with van der Waals surface area (Å²) in [5.74, 6) is 0.576. The maximum Gasteiger partial charge on any atom is 0.137 e. The Morgan fingerprint density at radius 3 is 2.40 bits per heavy atom. The van der Waals surface area contributed by atoms with Crippen molar-refractivity contribution < 1.29 is 4.42 Å². The fourth-order valence-electron chi connectivity index (χ4n) is 9.27. The van der Waals surface area contributed by atoms with Crippen LogP contribution in [0.25, 0.3) is 33.1 Å². The highest BCUT2D eigenvalue weighted by Crippen LogP contribution is 2.69. The first-order chi connectivity index (χ1) is 19.6. The number of nitrogens with zero attached hydrogens (tertiary/aromatic N) is 1. The fourth-order valence-corrected chi connectivity index (χ4v) is 9.27. The second kappa shape index (κ2) is 6.88. The lowest BCUT2D eigenvalue weighted by molar-refractivity contribution is 0.544. The number of furan rings is 1. The molecule has 0 radical (unpaired) electrons. The minimum absolute atomic E-state index is 0.0395. The van der Waals surface area contributed by atoms with E-state index in [1.54, 1.807) is 11.1 Å². The Hall–Kier alpha value is -4.30. The van der Waals surface area contributed by atoms with Crippen molar-refractivity contribution in [1.29, 1.82) is 0 Å². The van der Waals surface area contributed by atoms with Crippen LogP contribution in [0, 0.1) is 0 Å². The van der Waals surface area contributed by atoms with Gasteiger partial charge in [-0.25, -0.2) is 0 Å². The molecule has 40 heavy (non-hydrogen) atoms. The molecular formula is C38H29NO. The van der Waals surface area contributed by atoms with Crippen molar-refractivity contribution in [3.8, 4) is 11.1 Å². The molecular weight excluding hydrogens is 486 g/mol. The van der Waals surface area contributed by atoms with Gasteiger partial charge in [-0.3, -0.25) is 0 Å². The first-order valence-corrected chi connectivity index (χ1v) is 14.7. The Balaban J connectivity index is 1.36. The van der Waals surface area contributed by atoms with Crippen molar-refractivity contribution in [2.24, 2.45) is 0 Å². The lowest BCUT2D eigenvalue weighted by Crippen LogP contribution is -2.33. The Labute approximate surface area is 233 Å². The zero-order valence-electron chi connectivity index (χ0n) is 22.8. The Morgan fingerprint density at radius 1 is 0.725 bits per heavy atom. The van der Waals surface area contributed by atoms with E-state index in [2.05, 4.69) is 116 Å². The van der Waals surface area contributed by atoms with Gasteiger partial charge in [0.05, 0.1) is 17.1 Å². The van der Waals surface area contributed by atoms with E-state index in [-0.39, 0.29) is 10.8 Å². The summed E-state index contributed by atoms with van der Waals surface area (Å²) in [5.41, 5.74) is 16.2. The lowest BCUT2D eigenvalue weighted by atomic mass is 9.69. The normalized spacial score (nSPS) is 22.4. The van der Waals surface area contributed by atoms with Gasteiger partial charge < -0.3 is 9.32 Å². The molecule has 1 spiro atoms. The molecule has 2 nitrogen and oxygen atoms in total. The summed E-state index contributed by atoms with van der Waals surface area (Å²) in [6.45, 7) is 4.75. The zero-order valence-corrected chi connectivity index (χ0v) is 22.8. The van der Waals surface area contributed by atoms with Crippen molar-refractivity contribution >= 4 is 39.0 Å². The van der Waals surface area contributed by atoms with E-state index in [0.29, 0.717) is 5.92 Å². The number of para-hydroxylation sites is 2. The second-order valence-corrected chi connectivity index (χ2v) is 12.9. The molecule has 4 aliphatic rings. The summed E-state index contributed by atoms with van der Waals surface area (Å²) < 4.78 is 6.61. The molecule has 2 heterocycles. The molecule has 5 aromatic carbocycles. The smallest absolute Gasteiger partial charge is 0.137 e. The standard InChI is InChI=1S/C38H29NO/c1-37(2)25-12-5-3-10-23(25)34-27(37)14-9-16-29(34)39-28-15-7-6-13-26(28)38-19-18-22(21-38)33-35-24-11-4-8-17-31(24)40-32(35)20-30(39)36(33)38/h3-17,20,22H,18-19,21H2,1-2H3. The fraction of sp³-hybridized carbons (Fsp3) is 0.211. The van der Waals surface area contributed by atoms with Crippen LogP contribution < -0.4 is 4.90 Å². The number of benzene rings is 5. The Kier molecular flexibility index (Phi) is 3.70. The van der Waals surface area contributed by atoms with Crippen LogP contribution in [0.2, 0.25) is 0 Å². The molecule has 10 rings (SSSR count). The molecule has 2 unspecified atom stereocenters. The van der Waals surface area contributed by atoms with Crippen LogP contribution in [0.15, 0.2) is 101 Å². The first kappa shape index (κ1) is 21.5. The van der Waals surface area contributed by atoms with E-state index < -0.39 is 0 Å². The molecule has 2 heteroatoms. The quantitative estimate of drug-likeness (QED) is 0.217. The largest absolute Gasteiger partial charge is 0.456 e. The Bertz CT molecular complexity index is 2090. The average Bonchev–Trinajstić information content (AvgIpc) is 3.72. The highest BCUT2D eigenvalue weighted by Gasteiger charge is 2.56. The minimum atomic E-state index is -0.0395. The summed E-state index contributed by atoms with van der Waals surface area (Å²) in [6.07, 6.45) is 3.69. The van der Waals surface area contributed by atoms with E-state index in [1.165, 1.54) is 74.9 Å². The van der Waals surface area contributed by atoms with Crippen molar-refractivity contribution in [2.45, 2.75) is 49.9 Å². The highest BCUT2D eigenvalue weighted by atomic mass is 16.3. The predicted octanol–water partition coefficient (Wildman–Crippen LogP) is 10.2.